The fourth-order valence-corrected chi connectivity index (χ4v) is 2.85. The van der Waals surface area contributed by atoms with Crippen molar-refractivity contribution >= 4 is 23.0 Å². The number of alkyl halides is 2. The smallest absolute Gasteiger partial charge is 0.298 e. The van der Waals surface area contributed by atoms with Crippen molar-refractivity contribution in [2.24, 2.45) is 5.92 Å². The molecule has 0 radical (unpaired) electrons. The molecule has 1 aromatic heterocycles. The first kappa shape index (κ1) is 15.7. The zero-order valence-corrected chi connectivity index (χ0v) is 12.7. The molecule has 1 aromatic carbocycles. The third-order valence-corrected chi connectivity index (χ3v) is 4.10. The number of nitrogens with one attached hydrogen (secondary N) is 1. The molecular weight excluding hydrogens is 304 g/mol. The lowest BCUT2D eigenvalue weighted by Crippen LogP contribution is -2.36. The lowest BCUT2D eigenvalue weighted by atomic mass is 9.93. The summed E-state index contributed by atoms with van der Waals surface area (Å²) in [5.74, 6) is -0.0843. The van der Waals surface area contributed by atoms with Crippen LogP contribution in [0.4, 0.5) is 14.8 Å². The van der Waals surface area contributed by atoms with E-state index >= 15 is 0 Å². The number of amides is 1. The second kappa shape index (κ2) is 6.93. The monoisotopic (exact) mass is 323 g/mol. The highest BCUT2D eigenvalue weighted by molar-refractivity contribution is 5.76. The fourth-order valence-electron chi connectivity index (χ4n) is 2.85. The van der Waals surface area contributed by atoms with Crippen molar-refractivity contribution in [1.82, 2.24) is 10.3 Å². The topological polar surface area (TPSA) is 58.4 Å². The van der Waals surface area contributed by atoms with E-state index in [1.54, 1.807) is 0 Å². The highest BCUT2D eigenvalue weighted by Gasteiger charge is 2.24. The van der Waals surface area contributed by atoms with E-state index < -0.39 is 13.0 Å². The number of fused-ring (bicyclic) bond motifs is 1. The molecule has 124 valence electrons. The molecule has 1 N–H and O–H groups in total. The van der Waals surface area contributed by atoms with Gasteiger partial charge >= 0.3 is 0 Å². The van der Waals surface area contributed by atoms with Crippen LogP contribution in [0.5, 0.6) is 0 Å². The van der Waals surface area contributed by atoms with Crippen molar-refractivity contribution in [2.45, 2.75) is 25.7 Å². The highest BCUT2D eigenvalue weighted by Crippen LogP contribution is 2.27. The summed E-state index contributed by atoms with van der Waals surface area (Å²) < 4.78 is 29.9. The Hall–Kier alpha value is -2.18. The summed E-state index contributed by atoms with van der Waals surface area (Å²) in [7, 11) is 0. The van der Waals surface area contributed by atoms with Gasteiger partial charge in [-0.3, -0.25) is 4.79 Å². The summed E-state index contributed by atoms with van der Waals surface area (Å²) in [6, 6.07) is 8.21. The van der Waals surface area contributed by atoms with Crippen molar-refractivity contribution < 1.29 is 18.0 Å². The Morgan fingerprint density at radius 1 is 1.35 bits per heavy atom. The van der Waals surface area contributed by atoms with Gasteiger partial charge in [0.25, 0.3) is 12.4 Å². The zero-order chi connectivity index (χ0) is 16.2. The van der Waals surface area contributed by atoms with E-state index in [0.717, 1.165) is 37.0 Å². The van der Waals surface area contributed by atoms with E-state index in [2.05, 4.69) is 15.2 Å². The largest absolute Gasteiger partial charge is 0.423 e. The van der Waals surface area contributed by atoms with Crippen LogP contribution in [0.2, 0.25) is 0 Å². The fraction of sp³-hybridized carbons (Fsp3) is 0.500. The first-order valence-electron chi connectivity index (χ1n) is 7.77. The van der Waals surface area contributed by atoms with E-state index in [9.17, 15) is 13.6 Å². The summed E-state index contributed by atoms with van der Waals surface area (Å²) >= 11 is 0. The molecule has 1 fully saturated rings. The highest BCUT2D eigenvalue weighted by atomic mass is 19.3. The molecule has 0 spiro atoms. The maximum absolute atomic E-state index is 12.1. The predicted molar refractivity (Wildman–Crippen MR) is 82.6 cm³/mol. The number of carbonyl (C=O) groups is 1. The van der Waals surface area contributed by atoms with Gasteiger partial charge in [0.2, 0.25) is 5.91 Å². The van der Waals surface area contributed by atoms with Gasteiger partial charge in [-0.05, 0) is 30.9 Å². The summed E-state index contributed by atoms with van der Waals surface area (Å²) in [6.45, 7) is 0.930. The standard InChI is InChI=1S/C16H19F2N3O2/c17-14(18)10-19-15(22)9-11-5-7-21(8-6-11)16-20-12-3-1-2-4-13(12)23-16/h1-4,11,14H,5-10H2,(H,19,22). The van der Waals surface area contributed by atoms with Gasteiger partial charge in [-0.2, -0.15) is 4.98 Å². The number of para-hydroxylation sites is 2. The van der Waals surface area contributed by atoms with Crippen LogP contribution in [-0.4, -0.2) is 37.0 Å². The van der Waals surface area contributed by atoms with Crippen LogP contribution in [0.25, 0.3) is 11.1 Å². The number of nitrogens with zero attached hydrogens (tertiary/aromatic N) is 2. The molecule has 0 saturated carbocycles. The van der Waals surface area contributed by atoms with E-state index in [0.29, 0.717) is 12.4 Å². The van der Waals surface area contributed by atoms with Crippen LogP contribution >= 0.6 is 0 Å². The quantitative estimate of drug-likeness (QED) is 0.919. The second-order valence-corrected chi connectivity index (χ2v) is 5.79. The molecule has 0 unspecified atom stereocenters. The van der Waals surface area contributed by atoms with Gasteiger partial charge in [0.1, 0.15) is 5.52 Å². The van der Waals surface area contributed by atoms with Gasteiger partial charge in [-0.15, -0.1) is 0 Å². The Morgan fingerprint density at radius 3 is 2.78 bits per heavy atom. The first-order chi connectivity index (χ1) is 11.1. The van der Waals surface area contributed by atoms with Crippen molar-refractivity contribution in [1.29, 1.82) is 0 Å². The van der Waals surface area contributed by atoms with Crippen molar-refractivity contribution in [2.75, 3.05) is 24.5 Å². The number of benzene rings is 1. The number of halogens is 2. The van der Waals surface area contributed by atoms with Crippen LogP contribution in [0.15, 0.2) is 28.7 Å². The first-order valence-corrected chi connectivity index (χ1v) is 7.77. The number of carbonyl (C=O) groups excluding carboxylic acids is 1. The molecule has 1 amide bonds. The molecule has 7 heteroatoms. The van der Waals surface area contributed by atoms with Crippen LogP contribution in [0.3, 0.4) is 0 Å². The molecule has 0 atom stereocenters. The number of rotatable bonds is 5. The maximum Gasteiger partial charge on any atom is 0.298 e. The number of hydrogen-bond donors (Lipinski definition) is 1. The van der Waals surface area contributed by atoms with Gasteiger partial charge in [0.15, 0.2) is 5.58 Å². The molecule has 1 aliphatic rings. The molecule has 0 aliphatic carbocycles. The van der Waals surface area contributed by atoms with E-state index in [4.69, 9.17) is 4.42 Å². The number of anilines is 1. The van der Waals surface area contributed by atoms with E-state index in [-0.39, 0.29) is 11.8 Å². The molecule has 5 nitrogen and oxygen atoms in total. The molecule has 1 aliphatic heterocycles. The van der Waals surface area contributed by atoms with Crippen molar-refractivity contribution in [3.05, 3.63) is 24.3 Å². The van der Waals surface area contributed by atoms with E-state index in [1.807, 2.05) is 24.3 Å². The van der Waals surface area contributed by atoms with Gasteiger partial charge in [-0.1, -0.05) is 12.1 Å². The van der Waals surface area contributed by atoms with Gasteiger partial charge in [0, 0.05) is 19.5 Å². The molecule has 23 heavy (non-hydrogen) atoms. The van der Waals surface area contributed by atoms with Gasteiger partial charge in [0.05, 0.1) is 6.54 Å². The van der Waals surface area contributed by atoms with Crippen LogP contribution in [0.1, 0.15) is 19.3 Å². The van der Waals surface area contributed by atoms with Crippen molar-refractivity contribution in [3.63, 3.8) is 0 Å². The number of hydrogen-bond acceptors (Lipinski definition) is 4. The Labute approximate surface area is 132 Å². The summed E-state index contributed by atoms with van der Waals surface area (Å²) in [5.41, 5.74) is 1.59. The normalized spacial score (nSPS) is 16.2. The van der Waals surface area contributed by atoms with Gasteiger partial charge in [-0.25, -0.2) is 8.78 Å². The van der Waals surface area contributed by atoms with E-state index in [1.165, 1.54) is 0 Å². The van der Waals surface area contributed by atoms with Crippen molar-refractivity contribution in [3.8, 4) is 0 Å². The third-order valence-electron chi connectivity index (χ3n) is 4.10. The molecule has 3 rings (SSSR count). The number of piperidine rings is 1. The molecule has 0 bridgehead atoms. The lowest BCUT2D eigenvalue weighted by Gasteiger charge is -2.30. The summed E-state index contributed by atoms with van der Waals surface area (Å²) in [6.07, 6.45) is -0.560. The lowest BCUT2D eigenvalue weighted by molar-refractivity contribution is -0.122. The molecular formula is C16H19F2N3O2. The van der Waals surface area contributed by atoms with Crippen LogP contribution in [0, 0.1) is 5.92 Å². The average molecular weight is 323 g/mol. The summed E-state index contributed by atoms with van der Waals surface area (Å²) in [4.78, 5) is 18.1. The molecule has 1 saturated heterocycles. The molecule has 2 aromatic rings. The molecule has 2 heterocycles. The number of oxazole rings is 1. The minimum absolute atomic E-state index is 0.216. The zero-order valence-electron chi connectivity index (χ0n) is 12.7. The Morgan fingerprint density at radius 2 is 2.09 bits per heavy atom. The minimum atomic E-state index is -2.50. The third kappa shape index (κ3) is 3.97. The summed E-state index contributed by atoms with van der Waals surface area (Å²) in [5, 5.41) is 2.26. The minimum Gasteiger partial charge on any atom is -0.423 e. The van der Waals surface area contributed by atoms with Gasteiger partial charge < -0.3 is 14.6 Å². The van der Waals surface area contributed by atoms with Crippen LogP contribution < -0.4 is 10.2 Å². The number of aromatic nitrogens is 1. The Bertz CT molecular complexity index is 633. The second-order valence-electron chi connectivity index (χ2n) is 5.79. The van der Waals surface area contributed by atoms with Crippen LogP contribution in [-0.2, 0) is 4.79 Å². The Kier molecular flexibility index (Phi) is 4.73. The average Bonchev–Trinajstić information content (AvgIpc) is 2.97. The maximum atomic E-state index is 12.1. The Balaban J connectivity index is 1.51. The SMILES string of the molecule is O=C(CC1CCN(c2nc3ccccc3o2)CC1)NCC(F)F. The predicted octanol–water partition coefficient (Wildman–Crippen LogP) is 2.82.